The van der Waals surface area contributed by atoms with E-state index in [2.05, 4.69) is 34.5 Å². The summed E-state index contributed by atoms with van der Waals surface area (Å²) < 4.78 is 18.2. The normalized spacial score (nSPS) is 15.4. The van der Waals surface area contributed by atoms with E-state index in [0.29, 0.717) is 18.2 Å². The van der Waals surface area contributed by atoms with Crippen LogP contribution in [0.15, 0.2) is 54.6 Å². The van der Waals surface area contributed by atoms with Crippen LogP contribution in [-0.4, -0.2) is 43.6 Å². The first kappa shape index (κ1) is 19.4. The van der Waals surface area contributed by atoms with Gasteiger partial charge in [-0.2, -0.15) is 0 Å². The van der Waals surface area contributed by atoms with Gasteiger partial charge in [0.2, 0.25) is 0 Å². The van der Waals surface area contributed by atoms with Crippen molar-refractivity contribution in [1.82, 2.24) is 10.2 Å². The Labute approximate surface area is 160 Å². The molecule has 144 valence electrons. The van der Waals surface area contributed by atoms with Crippen LogP contribution < -0.4 is 10.1 Å². The number of carbonyl (C=O) groups excluding carboxylic acids is 1. The van der Waals surface area contributed by atoms with E-state index in [-0.39, 0.29) is 18.3 Å². The first-order valence-corrected chi connectivity index (χ1v) is 9.60. The second-order valence-electron chi connectivity index (χ2n) is 7.07. The molecule has 0 radical (unpaired) electrons. The molecule has 0 bridgehead atoms. The van der Waals surface area contributed by atoms with E-state index in [4.69, 9.17) is 4.74 Å². The van der Waals surface area contributed by atoms with Crippen LogP contribution in [-0.2, 0) is 11.2 Å². The van der Waals surface area contributed by atoms with Crippen LogP contribution in [0.4, 0.5) is 4.39 Å². The van der Waals surface area contributed by atoms with Crippen LogP contribution in [0.3, 0.4) is 0 Å². The summed E-state index contributed by atoms with van der Waals surface area (Å²) in [6.45, 7) is 3.91. The lowest BCUT2D eigenvalue weighted by atomic mass is 9.96. The molecule has 1 aliphatic heterocycles. The molecule has 27 heavy (non-hydrogen) atoms. The quantitative estimate of drug-likeness (QED) is 0.775. The Kier molecular flexibility index (Phi) is 7.22. The molecule has 5 heteroatoms. The average Bonchev–Trinajstić information content (AvgIpc) is 2.72. The molecule has 1 amide bonds. The third-order valence-corrected chi connectivity index (χ3v) is 5.04. The van der Waals surface area contributed by atoms with Gasteiger partial charge in [0.25, 0.3) is 5.91 Å². The molecule has 3 rings (SSSR count). The van der Waals surface area contributed by atoms with Crippen molar-refractivity contribution in [3.8, 4) is 5.75 Å². The summed E-state index contributed by atoms with van der Waals surface area (Å²) in [5, 5.41) is 2.95. The van der Waals surface area contributed by atoms with E-state index >= 15 is 0 Å². The maximum atomic E-state index is 12.8. The van der Waals surface area contributed by atoms with Crippen molar-refractivity contribution in [3.63, 3.8) is 0 Å². The zero-order chi connectivity index (χ0) is 18.9. The predicted octanol–water partition coefficient (Wildman–Crippen LogP) is 3.28. The lowest BCUT2D eigenvalue weighted by molar-refractivity contribution is -0.123. The summed E-state index contributed by atoms with van der Waals surface area (Å²) in [6, 6.07) is 16.3. The average molecular weight is 370 g/mol. The van der Waals surface area contributed by atoms with Crippen LogP contribution in [0, 0.1) is 11.7 Å². The largest absolute Gasteiger partial charge is 0.484 e. The summed E-state index contributed by atoms with van der Waals surface area (Å²) in [5.41, 5.74) is 1.38. The molecular weight excluding hydrogens is 343 g/mol. The fourth-order valence-electron chi connectivity index (χ4n) is 3.33. The molecule has 4 nitrogen and oxygen atoms in total. The van der Waals surface area contributed by atoms with Crippen molar-refractivity contribution in [3.05, 3.63) is 66.0 Å². The Morgan fingerprint density at radius 3 is 2.48 bits per heavy atom. The summed E-state index contributed by atoms with van der Waals surface area (Å²) >= 11 is 0. The molecule has 0 aromatic heterocycles. The molecule has 1 heterocycles. The topological polar surface area (TPSA) is 41.6 Å². The monoisotopic (exact) mass is 370 g/mol. The maximum Gasteiger partial charge on any atom is 0.257 e. The van der Waals surface area contributed by atoms with Gasteiger partial charge in [-0.05, 0) is 68.1 Å². The lowest BCUT2D eigenvalue weighted by Gasteiger charge is -2.32. The Balaban J connectivity index is 1.28. The van der Waals surface area contributed by atoms with E-state index in [1.807, 2.05) is 6.07 Å². The number of benzene rings is 2. The molecular formula is C22H27FN2O2. The smallest absolute Gasteiger partial charge is 0.257 e. The predicted molar refractivity (Wildman–Crippen MR) is 104 cm³/mol. The number of hydrogen-bond acceptors (Lipinski definition) is 3. The Hall–Kier alpha value is -2.40. The van der Waals surface area contributed by atoms with Crippen molar-refractivity contribution in [1.29, 1.82) is 0 Å². The van der Waals surface area contributed by atoms with Crippen molar-refractivity contribution in [2.24, 2.45) is 5.92 Å². The first-order valence-electron chi connectivity index (χ1n) is 9.60. The van der Waals surface area contributed by atoms with Crippen molar-refractivity contribution < 1.29 is 13.9 Å². The molecule has 1 aliphatic rings. The third kappa shape index (κ3) is 6.68. The number of piperidine rings is 1. The third-order valence-electron chi connectivity index (χ3n) is 5.04. The van der Waals surface area contributed by atoms with Crippen molar-refractivity contribution in [2.75, 3.05) is 32.8 Å². The van der Waals surface area contributed by atoms with Gasteiger partial charge in [0.15, 0.2) is 6.61 Å². The SMILES string of the molecule is O=C(COc1ccc(F)cc1)NCC1CCN(CCc2ccccc2)CC1. The number of hydrogen-bond donors (Lipinski definition) is 1. The van der Waals surface area contributed by atoms with E-state index in [1.54, 1.807) is 0 Å². The first-order chi connectivity index (χ1) is 13.2. The number of nitrogens with zero attached hydrogens (tertiary/aromatic N) is 1. The van der Waals surface area contributed by atoms with Gasteiger partial charge >= 0.3 is 0 Å². The second-order valence-corrected chi connectivity index (χ2v) is 7.07. The van der Waals surface area contributed by atoms with E-state index in [1.165, 1.54) is 29.8 Å². The fourth-order valence-corrected chi connectivity index (χ4v) is 3.33. The van der Waals surface area contributed by atoms with Gasteiger partial charge in [-0.3, -0.25) is 4.79 Å². The molecule has 0 unspecified atom stereocenters. The highest BCUT2D eigenvalue weighted by atomic mass is 19.1. The van der Waals surface area contributed by atoms with Gasteiger partial charge in [0.1, 0.15) is 11.6 Å². The summed E-state index contributed by atoms with van der Waals surface area (Å²) in [4.78, 5) is 14.4. The zero-order valence-corrected chi connectivity index (χ0v) is 15.6. The molecule has 0 aliphatic carbocycles. The van der Waals surface area contributed by atoms with E-state index in [9.17, 15) is 9.18 Å². The molecule has 0 atom stereocenters. The Morgan fingerprint density at radius 2 is 1.78 bits per heavy atom. The van der Waals surface area contributed by atoms with Crippen molar-refractivity contribution in [2.45, 2.75) is 19.3 Å². The van der Waals surface area contributed by atoms with Crippen LogP contribution in [0.1, 0.15) is 18.4 Å². The molecule has 0 spiro atoms. The number of ether oxygens (including phenoxy) is 1. The van der Waals surface area contributed by atoms with Crippen LogP contribution in [0.25, 0.3) is 0 Å². The standard InChI is InChI=1S/C22H27FN2O2/c23-20-6-8-21(9-7-20)27-17-22(26)24-16-19-11-14-25(15-12-19)13-10-18-4-2-1-3-5-18/h1-9,19H,10-17H2,(H,24,26). The highest BCUT2D eigenvalue weighted by Crippen LogP contribution is 2.17. The summed E-state index contributed by atoms with van der Waals surface area (Å²) in [5.74, 6) is 0.568. The van der Waals surface area contributed by atoms with Gasteiger partial charge in [-0.1, -0.05) is 30.3 Å². The van der Waals surface area contributed by atoms with Crippen LogP contribution >= 0.6 is 0 Å². The maximum absolute atomic E-state index is 12.8. The number of rotatable bonds is 8. The number of nitrogens with one attached hydrogen (secondary N) is 1. The number of carbonyl (C=O) groups is 1. The zero-order valence-electron chi connectivity index (χ0n) is 15.6. The minimum absolute atomic E-state index is 0.0401. The van der Waals surface area contributed by atoms with E-state index in [0.717, 1.165) is 38.9 Å². The van der Waals surface area contributed by atoms with Gasteiger partial charge in [-0.25, -0.2) is 4.39 Å². The number of likely N-dealkylation sites (tertiary alicyclic amines) is 1. The van der Waals surface area contributed by atoms with Gasteiger partial charge in [0, 0.05) is 13.1 Å². The van der Waals surface area contributed by atoms with Crippen LogP contribution in [0.2, 0.25) is 0 Å². The highest BCUT2D eigenvalue weighted by Gasteiger charge is 2.19. The minimum atomic E-state index is -0.318. The lowest BCUT2D eigenvalue weighted by Crippen LogP contribution is -2.40. The highest BCUT2D eigenvalue weighted by molar-refractivity contribution is 5.77. The van der Waals surface area contributed by atoms with Crippen LogP contribution in [0.5, 0.6) is 5.75 Å². The number of halogens is 1. The minimum Gasteiger partial charge on any atom is -0.484 e. The number of amides is 1. The van der Waals surface area contributed by atoms with Gasteiger partial charge < -0.3 is 15.0 Å². The molecule has 1 N–H and O–H groups in total. The molecule has 1 saturated heterocycles. The molecule has 2 aromatic rings. The summed E-state index contributed by atoms with van der Waals surface area (Å²) in [6.07, 6.45) is 3.30. The van der Waals surface area contributed by atoms with Gasteiger partial charge in [0.05, 0.1) is 0 Å². The Morgan fingerprint density at radius 1 is 1.07 bits per heavy atom. The fraction of sp³-hybridized carbons (Fsp3) is 0.409. The second kappa shape index (κ2) is 10.1. The molecule has 1 fully saturated rings. The van der Waals surface area contributed by atoms with Gasteiger partial charge in [-0.15, -0.1) is 0 Å². The van der Waals surface area contributed by atoms with E-state index < -0.39 is 0 Å². The molecule has 0 saturated carbocycles. The van der Waals surface area contributed by atoms with Crippen molar-refractivity contribution >= 4 is 5.91 Å². The summed E-state index contributed by atoms with van der Waals surface area (Å²) in [7, 11) is 0. The Bertz CT molecular complexity index is 698. The molecule has 2 aromatic carbocycles.